The lowest BCUT2D eigenvalue weighted by atomic mass is 10.2. The molecule has 3 aromatic carbocycles. The highest BCUT2D eigenvalue weighted by atomic mass is 35.5. The van der Waals surface area contributed by atoms with Crippen molar-refractivity contribution in [2.24, 2.45) is 5.10 Å². The van der Waals surface area contributed by atoms with Crippen LogP contribution in [0.25, 0.3) is 0 Å². The first-order chi connectivity index (χ1) is 15.6. The Hall–Kier alpha value is -2.49. The summed E-state index contributed by atoms with van der Waals surface area (Å²) in [6.45, 7) is -0.684. The summed E-state index contributed by atoms with van der Waals surface area (Å²) in [7, 11) is -4.07. The minimum atomic E-state index is -4.07. The van der Waals surface area contributed by atoms with Crippen molar-refractivity contribution in [2.45, 2.75) is 11.4 Å². The molecule has 0 heterocycles. The molecule has 0 radical (unpaired) electrons. The van der Waals surface area contributed by atoms with Crippen LogP contribution in [0.2, 0.25) is 15.1 Å². The summed E-state index contributed by atoms with van der Waals surface area (Å²) < 4.78 is 40.6. The molecule has 0 aliphatic heterocycles. The smallest absolute Gasteiger partial charge is 0.255 e. The van der Waals surface area contributed by atoms with Gasteiger partial charge in [0.05, 0.1) is 27.7 Å². The van der Waals surface area contributed by atoms with Crippen LogP contribution in [0.15, 0.2) is 76.7 Å². The van der Waals surface area contributed by atoms with Gasteiger partial charge in [0.1, 0.15) is 5.82 Å². The average Bonchev–Trinajstić information content (AvgIpc) is 2.77. The van der Waals surface area contributed by atoms with Gasteiger partial charge in [-0.05, 0) is 59.7 Å². The highest BCUT2D eigenvalue weighted by Crippen LogP contribution is 2.22. The maximum absolute atomic E-state index is 13.3. The lowest BCUT2D eigenvalue weighted by molar-refractivity contribution is -0.121. The number of sulfonamides is 1. The molecule has 3 aromatic rings. The molecule has 1 amide bonds. The number of hydrazone groups is 1. The highest BCUT2D eigenvalue weighted by Gasteiger charge is 2.27. The van der Waals surface area contributed by atoms with Gasteiger partial charge in [0.15, 0.2) is 0 Å². The number of benzene rings is 3. The summed E-state index contributed by atoms with van der Waals surface area (Å²) in [6.07, 6.45) is 1.35. The van der Waals surface area contributed by atoms with E-state index in [1.165, 1.54) is 54.7 Å². The second-order valence-corrected chi connectivity index (χ2v) is 10.0. The van der Waals surface area contributed by atoms with Crippen LogP contribution in [0.1, 0.15) is 11.1 Å². The summed E-state index contributed by atoms with van der Waals surface area (Å²) in [5, 5.41) is 4.91. The predicted molar refractivity (Wildman–Crippen MR) is 128 cm³/mol. The first kappa shape index (κ1) is 25.1. The Kier molecular flexibility index (Phi) is 8.45. The van der Waals surface area contributed by atoms with Crippen LogP contribution < -0.4 is 5.43 Å². The van der Waals surface area contributed by atoms with Crippen LogP contribution in [0.3, 0.4) is 0 Å². The van der Waals surface area contributed by atoms with Crippen molar-refractivity contribution in [2.75, 3.05) is 6.54 Å². The van der Waals surface area contributed by atoms with Gasteiger partial charge in [0.2, 0.25) is 10.0 Å². The molecule has 0 aromatic heterocycles. The number of nitrogens with zero attached hydrogens (tertiary/aromatic N) is 2. The largest absolute Gasteiger partial charge is 0.272 e. The van der Waals surface area contributed by atoms with Gasteiger partial charge in [-0.1, -0.05) is 53.0 Å². The Labute approximate surface area is 205 Å². The summed E-state index contributed by atoms with van der Waals surface area (Å²) in [5.74, 6) is -1.13. The van der Waals surface area contributed by atoms with E-state index in [0.29, 0.717) is 26.2 Å². The van der Waals surface area contributed by atoms with E-state index in [0.717, 1.165) is 4.31 Å². The maximum atomic E-state index is 13.3. The zero-order valence-electron chi connectivity index (χ0n) is 16.9. The van der Waals surface area contributed by atoms with Crippen molar-refractivity contribution in [3.05, 3.63) is 98.7 Å². The molecule has 6 nitrogen and oxygen atoms in total. The van der Waals surface area contributed by atoms with Gasteiger partial charge >= 0.3 is 0 Å². The molecule has 0 aliphatic carbocycles. The Bertz CT molecular complexity index is 1270. The summed E-state index contributed by atoms with van der Waals surface area (Å²) in [5.41, 5.74) is 3.38. The van der Waals surface area contributed by atoms with Crippen molar-refractivity contribution in [1.29, 1.82) is 0 Å². The molecule has 0 saturated carbocycles. The Morgan fingerprint density at radius 2 is 1.64 bits per heavy atom. The quantitative estimate of drug-likeness (QED) is 0.325. The van der Waals surface area contributed by atoms with Crippen LogP contribution in [0.4, 0.5) is 4.39 Å². The zero-order chi connectivity index (χ0) is 24.0. The number of hydrogen-bond donors (Lipinski definition) is 1. The van der Waals surface area contributed by atoms with Gasteiger partial charge in [0.25, 0.3) is 5.91 Å². The molecule has 0 spiro atoms. The van der Waals surface area contributed by atoms with E-state index in [-0.39, 0.29) is 11.4 Å². The molecule has 3 rings (SSSR count). The van der Waals surface area contributed by atoms with Crippen molar-refractivity contribution in [1.82, 2.24) is 9.73 Å². The van der Waals surface area contributed by atoms with Crippen LogP contribution in [-0.4, -0.2) is 31.4 Å². The Morgan fingerprint density at radius 3 is 2.27 bits per heavy atom. The normalized spacial score (nSPS) is 11.8. The molecule has 1 N–H and O–H groups in total. The standard InChI is InChI=1S/C22H17Cl3FN3O3S/c23-17-4-8-19(9-5-17)33(31,32)29(13-15-1-6-18(26)7-2-15)14-22(30)28-27-12-16-3-10-20(24)21(25)11-16/h1-12H,13-14H2,(H,28,30)/b27-12-. The van der Waals surface area contributed by atoms with Gasteiger partial charge in [-0.25, -0.2) is 18.2 Å². The first-order valence-electron chi connectivity index (χ1n) is 9.42. The number of hydrogen-bond acceptors (Lipinski definition) is 4. The molecule has 33 heavy (non-hydrogen) atoms. The predicted octanol–water partition coefficient (Wildman–Crippen LogP) is 5.13. The lowest BCUT2D eigenvalue weighted by Crippen LogP contribution is -2.39. The van der Waals surface area contributed by atoms with E-state index < -0.39 is 28.3 Å². The van der Waals surface area contributed by atoms with Crippen molar-refractivity contribution in [3.63, 3.8) is 0 Å². The third-order valence-electron chi connectivity index (χ3n) is 4.39. The van der Waals surface area contributed by atoms with Gasteiger partial charge in [-0.15, -0.1) is 0 Å². The number of amides is 1. The number of halogens is 4. The third-order valence-corrected chi connectivity index (χ3v) is 7.19. The van der Waals surface area contributed by atoms with Gasteiger partial charge < -0.3 is 0 Å². The Balaban J connectivity index is 1.78. The lowest BCUT2D eigenvalue weighted by Gasteiger charge is -2.21. The molecule has 0 unspecified atom stereocenters. The average molecular weight is 529 g/mol. The minimum Gasteiger partial charge on any atom is -0.272 e. The molecule has 11 heteroatoms. The number of nitrogens with one attached hydrogen (secondary N) is 1. The van der Waals surface area contributed by atoms with Gasteiger partial charge in [-0.3, -0.25) is 4.79 Å². The molecule has 0 atom stereocenters. The summed E-state index contributed by atoms with van der Waals surface area (Å²) >= 11 is 17.7. The fraction of sp³-hybridized carbons (Fsp3) is 0.0909. The SMILES string of the molecule is O=C(CN(Cc1ccc(F)cc1)S(=O)(=O)c1ccc(Cl)cc1)N/N=C\c1ccc(Cl)c(Cl)c1. The molecule has 172 valence electrons. The van der Waals surface area contributed by atoms with Crippen molar-refractivity contribution < 1.29 is 17.6 Å². The van der Waals surface area contributed by atoms with Gasteiger partial charge in [0, 0.05) is 11.6 Å². The summed E-state index contributed by atoms with van der Waals surface area (Å²) in [6, 6.07) is 15.7. The molecular formula is C22H17Cl3FN3O3S. The third kappa shape index (κ3) is 6.99. The molecular weight excluding hydrogens is 512 g/mol. The second kappa shape index (κ2) is 11.1. The molecule has 0 saturated heterocycles. The molecule has 0 aliphatic rings. The molecule has 0 bridgehead atoms. The van der Waals surface area contributed by atoms with E-state index in [4.69, 9.17) is 34.8 Å². The highest BCUT2D eigenvalue weighted by molar-refractivity contribution is 7.89. The van der Waals surface area contributed by atoms with E-state index in [2.05, 4.69) is 10.5 Å². The maximum Gasteiger partial charge on any atom is 0.255 e. The van der Waals surface area contributed by atoms with Crippen molar-refractivity contribution in [3.8, 4) is 0 Å². The van der Waals surface area contributed by atoms with Crippen LogP contribution >= 0.6 is 34.8 Å². The zero-order valence-corrected chi connectivity index (χ0v) is 20.0. The first-order valence-corrected chi connectivity index (χ1v) is 12.0. The topological polar surface area (TPSA) is 78.8 Å². The molecule has 0 fully saturated rings. The second-order valence-electron chi connectivity index (χ2n) is 6.82. The van der Waals surface area contributed by atoms with Crippen LogP contribution in [0.5, 0.6) is 0 Å². The van der Waals surface area contributed by atoms with E-state index in [1.54, 1.807) is 18.2 Å². The minimum absolute atomic E-state index is 0.0406. The Morgan fingerprint density at radius 1 is 0.970 bits per heavy atom. The van der Waals surface area contributed by atoms with E-state index >= 15 is 0 Å². The number of carbonyl (C=O) groups is 1. The monoisotopic (exact) mass is 527 g/mol. The van der Waals surface area contributed by atoms with Crippen molar-refractivity contribution >= 4 is 56.9 Å². The van der Waals surface area contributed by atoms with Crippen LogP contribution in [0, 0.1) is 5.82 Å². The number of carbonyl (C=O) groups excluding carboxylic acids is 1. The fourth-order valence-corrected chi connectivity index (χ4v) is 4.56. The van der Waals surface area contributed by atoms with Gasteiger partial charge in [-0.2, -0.15) is 9.41 Å². The van der Waals surface area contributed by atoms with Crippen LogP contribution in [-0.2, 0) is 21.4 Å². The number of rotatable bonds is 8. The summed E-state index contributed by atoms with van der Waals surface area (Å²) in [4.78, 5) is 12.4. The van der Waals surface area contributed by atoms with E-state index in [1.807, 2.05) is 0 Å². The van der Waals surface area contributed by atoms with E-state index in [9.17, 15) is 17.6 Å². The fourth-order valence-electron chi connectivity index (χ4n) is 2.74.